The predicted octanol–water partition coefficient (Wildman–Crippen LogP) is 3.20. The lowest BCUT2D eigenvalue weighted by Crippen LogP contribution is -2.00. The van der Waals surface area contributed by atoms with Crippen LogP contribution in [0, 0.1) is 0 Å². The molecule has 1 nitrogen and oxygen atoms in total. The minimum absolute atomic E-state index is 0.797. The van der Waals surface area contributed by atoms with E-state index in [2.05, 4.69) is 0 Å². The third-order valence-electron chi connectivity index (χ3n) is 1.93. The average molecular weight is 203 g/mol. The lowest BCUT2D eigenvalue weighted by atomic mass is 10.4. The van der Waals surface area contributed by atoms with Crippen LogP contribution in [0.3, 0.4) is 0 Å². The van der Waals surface area contributed by atoms with Crippen LogP contribution in [0.25, 0.3) is 0 Å². The van der Waals surface area contributed by atoms with Crippen LogP contribution < -0.4 is 0 Å². The third kappa shape index (κ3) is 1.97. The van der Waals surface area contributed by atoms with Crippen molar-refractivity contribution in [3.8, 4) is 0 Å². The summed E-state index contributed by atoms with van der Waals surface area (Å²) in [6.07, 6.45) is 0. The van der Waals surface area contributed by atoms with Crippen molar-refractivity contribution in [3.05, 3.63) is 60.7 Å². The molecule has 2 rings (SSSR count). The van der Waals surface area contributed by atoms with E-state index in [0.29, 0.717) is 0 Å². The zero-order chi connectivity index (χ0) is 9.80. The molecule has 0 fully saturated rings. The van der Waals surface area contributed by atoms with Gasteiger partial charge < -0.3 is 0 Å². The van der Waals surface area contributed by atoms with E-state index in [9.17, 15) is 4.55 Å². The summed E-state index contributed by atoms with van der Waals surface area (Å²) >= 11 is -0.797. The highest BCUT2D eigenvalue weighted by atomic mass is 32.2. The molecule has 0 unspecified atom stereocenters. The molecule has 0 aliphatic rings. The van der Waals surface area contributed by atoms with Crippen molar-refractivity contribution in [2.75, 3.05) is 0 Å². The van der Waals surface area contributed by atoms with Gasteiger partial charge in [-0.05, 0) is 24.3 Å². The van der Waals surface area contributed by atoms with Gasteiger partial charge in [0.1, 0.15) is 0 Å². The van der Waals surface area contributed by atoms with Gasteiger partial charge in [-0.15, -0.1) is 0 Å². The van der Waals surface area contributed by atoms with Gasteiger partial charge in [0.05, 0.1) is 0 Å². The molecule has 70 valence electrons. The van der Waals surface area contributed by atoms with Gasteiger partial charge >= 0.3 is 0 Å². The second kappa shape index (κ2) is 4.31. The van der Waals surface area contributed by atoms with E-state index >= 15 is 0 Å². The topological polar surface area (TPSA) is 20.2 Å². The Bertz CT molecular complexity index is 346. The van der Waals surface area contributed by atoms with Crippen LogP contribution in [0.2, 0.25) is 0 Å². The van der Waals surface area contributed by atoms with Gasteiger partial charge in [0.2, 0.25) is 11.2 Å². The molecule has 0 radical (unpaired) electrons. The van der Waals surface area contributed by atoms with E-state index in [1.807, 2.05) is 60.7 Å². The fourth-order valence-corrected chi connectivity index (χ4v) is 2.34. The molecule has 0 saturated carbocycles. The summed E-state index contributed by atoms with van der Waals surface area (Å²) in [6, 6.07) is 19.4. The number of benzene rings is 2. The van der Waals surface area contributed by atoms with Crippen molar-refractivity contribution in [1.82, 2.24) is 0 Å². The van der Waals surface area contributed by atoms with Gasteiger partial charge in [0.15, 0.2) is 9.79 Å². The smallest absolute Gasteiger partial charge is 0.176 e. The highest BCUT2D eigenvalue weighted by molar-refractivity contribution is 7.91. The van der Waals surface area contributed by atoms with Crippen LogP contribution >= 0.6 is 0 Å². The maximum Gasteiger partial charge on any atom is 0.219 e. The van der Waals surface area contributed by atoms with Crippen molar-refractivity contribution in [2.45, 2.75) is 9.79 Å². The second-order valence-corrected chi connectivity index (χ2v) is 4.42. The standard InChI is InChI=1S/C12H11OS/c13-14(11-7-3-1-4-8-11)12-9-5-2-6-10-12/h1-10,13H/q+1. The molecule has 0 aliphatic heterocycles. The molecule has 0 atom stereocenters. The Kier molecular flexibility index (Phi) is 2.87. The second-order valence-electron chi connectivity index (χ2n) is 2.91. The highest BCUT2D eigenvalue weighted by Crippen LogP contribution is 2.19. The van der Waals surface area contributed by atoms with Crippen LogP contribution in [0.1, 0.15) is 0 Å². The van der Waals surface area contributed by atoms with Gasteiger partial charge in [0, 0.05) is 0 Å². The molecular formula is C12H11OS+. The summed E-state index contributed by atoms with van der Waals surface area (Å²) in [5, 5.41) is 0. The fourth-order valence-electron chi connectivity index (χ4n) is 1.23. The highest BCUT2D eigenvalue weighted by Gasteiger charge is 2.21. The first kappa shape index (κ1) is 9.31. The van der Waals surface area contributed by atoms with Crippen LogP contribution in [-0.4, -0.2) is 4.55 Å². The molecule has 2 aromatic rings. The van der Waals surface area contributed by atoms with E-state index in [1.165, 1.54) is 0 Å². The van der Waals surface area contributed by atoms with Crippen molar-refractivity contribution in [3.63, 3.8) is 0 Å². The quantitative estimate of drug-likeness (QED) is 0.743. The summed E-state index contributed by atoms with van der Waals surface area (Å²) in [5.41, 5.74) is 0. The molecular weight excluding hydrogens is 192 g/mol. The minimum Gasteiger partial charge on any atom is -0.176 e. The summed E-state index contributed by atoms with van der Waals surface area (Å²) in [5.74, 6) is 0. The van der Waals surface area contributed by atoms with Crippen molar-refractivity contribution < 1.29 is 4.55 Å². The number of hydrogen-bond acceptors (Lipinski definition) is 1. The molecule has 0 amide bonds. The summed E-state index contributed by atoms with van der Waals surface area (Å²) in [7, 11) is 0. The Balaban J connectivity index is 2.30. The lowest BCUT2D eigenvalue weighted by molar-refractivity contribution is 0.638. The van der Waals surface area contributed by atoms with Gasteiger partial charge in [-0.1, -0.05) is 36.4 Å². The SMILES string of the molecule is O[S+](c1ccccc1)c1ccccc1. The maximum absolute atomic E-state index is 10.0. The van der Waals surface area contributed by atoms with Gasteiger partial charge in [-0.25, -0.2) is 0 Å². The number of hydrogen-bond donors (Lipinski definition) is 1. The Hall–Kier alpha value is -1.25. The monoisotopic (exact) mass is 203 g/mol. The lowest BCUT2D eigenvalue weighted by Gasteiger charge is -1.97. The third-order valence-corrected chi connectivity index (χ3v) is 3.37. The van der Waals surface area contributed by atoms with E-state index in [-0.39, 0.29) is 0 Å². The zero-order valence-electron chi connectivity index (χ0n) is 7.63. The van der Waals surface area contributed by atoms with Crippen molar-refractivity contribution >= 4 is 11.2 Å². The summed E-state index contributed by atoms with van der Waals surface area (Å²) in [4.78, 5) is 1.91. The van der Waals surface area contributed by atoms with E-state index in [0.717, 1.165) is 9.79 Å². The molecule has 0 aliphatic carbocycles. The Morgan fingerprint density at radius 1 is 0.643 bits per heavy atom. The minimum atomic E-state index is -0.797. The predicted molar refractivity (Wildman–Crippen MR) is 59.4 cm³/mol. The zero-order valence-corrected chi connectivity index (χ0v) is 8.45. The Labute approximate surface area is 86.6 Å². The number of rotatable bonds is 2. The fraction of sp³-hybridized carbons (Fsp3) is 0. The van der Waals surface area contributed by atoms with Crippen molar-refractivity contribution in [2.24, 2.45) is 0 Å². The maximum atomic E-state index is 10.0. The largest absolute Gasteiger partial charge is 0.219 e. The molecule has 0 aromatic heterocycles. The molecule has 0 spiro atoms. The van der Waals surface area contributed by atoms with E-state index < -0.39 is 11.2 Å². The van der Waals surface area contributed by atoms with Crippen LogP contribution in [-0.2, 0) is 11.2 Å². The van der Waals surface area contributed by atoms with Crippen LogP contribution in [0.15, 0.2) is 70.5 Å². The Morgan fingerprint density at radius 2 is 1.00 bits per heavy atom. The average Bonchev–Trinajstić information content (AvgIpc) is 2.30. The van der Waals surface area contributed by atoms with Gasteiger partial charge in [0.25, 0.3) is 0 Å². The summed E-state index contributed by atoms with van der Waals surface area (Å²) in [6.45, 7) is 0. The van der Waals surface area contributed by atoms with Crippen molar-refractivity contribution in [1.29, 1.82) is 0 Å². The van der Waals surface area contributed by atoms with E-state index in [1.54, 1.807) is 0 Å². The summed E-state index contributed by atoms with van der Waals surface area (Å²) < 4.78 is 10.0. The molecule has 2 aromatic carbocycles. The molecule has 14 heavy (non-hydrogen) atoms. The first-order chi connectivity index (χ1) is 6.88. The first-order valence-electron chi connectivity index (χ1n) is 4.41. The molecule has 1 N–H and O–H groups in total. The van der Waals surface area contributed by atoms with Crippen LogP contribution in [0.4, 0.5) is 0 Å². The Morgan fingerprint density at radius 3 is 1.36 bits per heavy atom. The molecule has 0 bridgehead atoms. The normalized spacial score (nSPS) is 10.4. The van der Waals surface area contributed by atoms with Gasteiger partial charge in [-0.3, -0.25) is 0 Å². The molecule has 0 heterocycles. The van der Waals surface area contributed by atoms with Crippen LogP contribution in [0.5, 0.6) is 0 Å². The molecule has 2 heteroatoms. The molecule has 0 saturated heterocycles. The van der Waals surface area contributed by atoms with E-state index in [4.69, 9.17) is 0 Å². The van der Waals surface area contributed by atoms with Gasteiger partial charge in [-0.2, -0.15) is 4.55 Å². The first-order valence-corrected chi connectivity index (χ1v) is 5.59.